The van der Waals surface area contributed by atoms with Crippen LogP contribution in [0.4, 0.5) is 0 Å². The van der Waals surface area contributed by atoms with Gasteiger partial charge in [0.1, 0.15) is 5.49 Å². The van der Waals surface area contributed by atoms with Crippen molar-refractivity contribution in [2.24, 2.45) is 4.99 Å². The van der Waals surface area contributed by atoms with Gasteiger partial charge in [0.25, 0.3) is 0 Å². The molecule has 0 saturated heterocycles. The molecule has 0 aliphatic rings. The van der Waals surface area contributed by atoms with Crippen LogP contribution in [-0.2, 0) is 0 Å². The minimum atomic E-state index is 0.706. The number of rotatable bonds is 2. The van der Waals surface area contributed by atoms with Gasteiger partial charge < -0.3 is 4.57 Å². The molecule has 17 heavy (non-hydrogen) atoms. The van der Waals surface area contributed by atoms with Gasteiger partial charge in [0.2, 0.25) is 0 Å². The van der Waals surface area contributed by atoms with Crippen LogP contribution in [-0.4, -0.2) is 11.1 Å². The molecule has 0 spiro atoms. The average molecular weight is 312 g/mol. The van der Waals surface area contributed by atoms with E-state index in [1.54, 1.807) is 6.20 Å². The second kappa shape index (κ2) is 5.07. The Bertz CT molecular complexity index is 644. The van der Waals surface area contributed by atoms with Crippen molar-refractivity contribution >= 4 is 44.6 Å². The number of aromatic nitrogens is 1. The van der Waals surface area contributed by atoms with E-state index in [-0.39, 0.29) is 0 Å². The molecule has 0 aliphatic heterocycles. The monoisotopic (exact) mass is 310 g/mol. The molecule has 0 atom stereocenters. The maximum absolute atomic E-state index is 6.03. The number of halogens is 2. The molecule has 1 heterocycles. The smallest absolute Gasteiger partial charge is 0.146 e. The highest BCUT2D eigenvalue weighted by atomic mass is 79.9. The van der Waals surface area contributed by atoms with E-state index in [9.17, 15) is 0 Å². The summed E-state index contributed by atoms with van der Waals surface area (Å²) >= 11 is 9.56. The van der Waals surface area contributed by atoms with Crippen LogP contribution in [0, 0.1) is 0 Å². The van der Waals surface area contributed by atoms with Crippen LogP contribution >= 0.6 is 27.5 Å². The molecule has 0 saturated carbocycles. The van der Waals surface area contributed by atoms with E-state index < -0.39 is 0 Å². The predicted molar refractivity (Wildman–Crippen MR) is 77.1 cm³/mol. The van der Waals surface area contributed by atoms with E-state index in [0.29, 0.717) is 5.02 Å². The van der Waals surface area contributed by atoms with Gasteiger partial charge in [-0.25, -0.2) is 0 Å². The molecule has 0 amide bonds. The highest BCUT2D eigenvalue weighted by Crippen LogP contribution is 2.20. The fourth-order valence-corrected chi connectivity index (χ4v) is 2.49. The average Bonchev–Trinajstić information content (AvgIpc) is 2.31. The van der Waals surface area contributed by atoms with Crippen molar-refractivity contribution in [3.05, 3.63) is 45.8 Å². The topological polar surface area (TPSA) is 17.3 Å². The highest BCUT2D eigenvalue weighted by molar-refractivity contribution is 9.10. The van der Waals surface area contributed by atoms with Crippen LogP contribution in [0.3, 0.4) is 0 Å². The van der Waals surface area contributed by atoms with E-state index in [0.717, 1.165) is 27.4 Å². The first-order valence-corrected chi connectivity index (χ1v) is 6.47. The van der Waals surface area contributed by atoms with Crippen molar-refractivity contribution in [3.63, 3.8) is 0 Å². The summed E-state index contributed by atoms with van der Waals surface area (Å²) < 4.78 is 2.89. The van der Waals surface area contributed by atoms with Crippen molar-refractivity contribution in [2.75, 3.05) is 6.54 Å². The van der Waals surface area contributed by atoms with Crippen molar-refractivity contribution < 1.29 is 0 Å². The predicted octanol–water partition coefficient (Wildman–Crippen LogP) is 4.08. The van der Waals surface area contributed by atoms with Crippen molar-refractivity contribution in [1.82, 2.24) is 4.57 Å². The molecule has 0 N–H and O–H groups in total. The van der Waals surface area contributed by atoms with Crippen LogP contribution in [0.15, 0.2) is 40.3 Å². The van der Waals surface area contributed by atoms with Gasteiger partial charge in [-0.2, -0.15) is 0 Å². The quantitative estimate of drug-likeness (QED) is 0.795. The molecular formula is C13H12BrClN2. The van der Waals surface area contributed by atoms with Gasteiger partial charge in [-0.1, -0.05) is 24.2 Å². The van der Waals surface area contributed by atoms with Crippen molar-refractivity contribution in [3.8, 4) is 0 Å². The lowest BCUT2D eigenvalue weighted by molar-refractivity contribution is 0.955. The van der Waals surface area contributed by atoms with Gasteiger partial charge in [0, 0.05) is 17.8 Å². The number of nitrogens with zero attached hydrogens (tertiary/aromatic N) is 2. The van der Waals surface area contributed by atoms with Crippen molar-refractivity contribution in [2.45, 2.75) is 6.92 Å². The van der Waals surface area contributed by atoms with Crippen LogP contribution in [0.2, 0.25) is 5.02 Å². The van der Waals surface area contributed by atoms with Gasteiger partial charge in [0.05, 0.1) is 9.99 Å². The van der Waals surface area contributed by atoms with Crippen LogP contribution < -0.4 is 5.49 Å². The summed E-state index contributed by atoms with van der Waals surface area (Å²) in [5, 5.41) is 1.80. The Hall–Kier alpha value is -1.06. The third-order valence-corrected chi connectivity index (χ3v) is 3.29. The van der Waals surface area contributed by atoms with Gasteiger partial charge in [-0.15, -0.1) is 0 Å². The summed E-state index contributed by atoms with van der Waals surface area (Å²) in [4.78, 5) is 4.46. The number of fused-ring (bicyclic) bond motifs is 1. The Kier molecular flexibility index (Phi) is 3.69. The lowest BCUT2D eigenvalue weighted by Crippen LogP contribution is -2.18. The van der Waals surface area contributed by atoms with Gasteiger partial charge >= 0.3 is 0 Å². The number of benzene rings is 1. The molecule has 88 valence electrons. The molecule has 0 aliphatic carbocycles. The summed E-state index contributed by atoms with van der Waals surface area (Å²) in [7, 11) is 0. The number of hydrogen-bond acceptors (Lipinski definition) is 1. The molecule has 0 unspecified atom stereocenters. The van der Waals surface area contributed by atoms with E-state index in [1.165, 1.54) is 0 Å². The number of hydrogen-bond donors (Lipinski definition) is 0. The first-order chi connectivity index (χ1) is 8.17. The molecular weight excluding hydrogens is 300 g/mol. The fourth-order valence-electron chi connectivity index (χ4n) is 1.76. The Labute approximate surface area is 113 Å². The van der Waals surface area contributed by atoms with Gasteiger partial charge in [0.15, 0.2) is 0 Å². The zero-order valence-electron chi connectivity index (χ0n) is 9.45. The summed E-state index contributed by atoms with van der Waals surface area (Å²) in [6.07, 6.45) is 1.75. The first kappa shape index (κ1) is 12.4. The molecule has 2 aromatic rings. The molecule has 4 heteroatoms. The SMILES string of the molecule is C=Cn1/c(=N\CC)c(Br)cc2ccc(Cl)cc21. The summed E-state index contributed by atoms with van der Waals surface area (Å²) in [5.74, 6) is 0. The normalized spacial score (nSPS) is 12.1. The van der Waals surface area contributed by atoms with E-state index >= 15 is 0 Å². The zero-order valence-corrected chi connectivity index (χ0v) is 11.8. The molecule has 1 aromatic carbocycles. The van der Waals surface area contributed by atoms with Gasteiger partial charge in [-0.05, 0) is 46.4 Å². The Morgan fingerprint density at radius 3 is 2.88 bits per heavy atom. The van der Waals surface area contributed by atoms with Gasteiger partial charge in [-0.3, -0.25) is 4.99 Å². The molecule has 2 nitrogen and oxygen atoms in total. The van der Waals surface area contributed by atoms with Crippen LogP contribution in [0.25, 0.3) is 17.1 Å². The van der Waals surface area contributed by atoms with Crippen molar-refractivity contribution in [1.29, 1.82) is 0 Å². The second-order valence-corrected chi connectivity index (χ2v) is 4.84. The van der Waals surface area contributed by atoms with E-state index in [1.807, 2.05) is 35.8 Å². The number of pyridine rings is 1. The maximum atomic E-state index is 6.03. The summed E-state index contributed by atoms with van der Waals surface area (Å²) in [5.41, 5.74) is 1.86. The second-order valence-electron chi connectivity index (χ2n) is 3.55. The third kappa shape index (κ3) is 2.31. The maximum Gasteiger partial charge on any atom is 0.146 e. The molecule has 0 bridgehead atoms. The van der Waals surface area contributed by atoms with E-state index in [2.05, 4.69) is 27.5 Å². The molecule has 0 radical (unpaired) electrons. The van der Waals surface area contributed by atoms with Crippen LogP contribution in [0.5, 0.6) is 0 Å². The van der Waals surface area contributed by atoms with Crippen LogP contribution in [0.1, 0.15) is 6.92 Å². The Morgan fingerprint density at radius 2 is 2.24 bits per heavy atom. The summed E-state index contributed by atoms with van der Waals surface area (Å²) in [6, 6.07) is 7.82. The molecule has 0 fully saturated rings. The first-order valence-electron chi connectivity index (χ1n) is 5.30. The Balaban J connectivity index is 2.97. The lowest BCUT2D eigenvalue weighted by Gasteiger charge is -2.09. The van der Waals surface area contributed by atoms with E-state index in [4.69, 9.17) is 11.6 Å². The minimum Gasteiger partial charge on any atom is -0.301 e. The zero-order chi connectivity index (χ0) is 12.4. The third-order valence-electron chi connectivity index (χ3n) is 2.47. The molecule has 2 rings (SSSR count). The lowest BCUT2D eigenvalue weighted by atomic mass is 10.2. The fraction of sp³-hybridized carbons (Fsp3) is 0.154. The standard InChI is InChI=1S/C13H12BrClN2/c1-3-16-13-11(14)7-9-5-6-10(15)8-12(9)17(13)4-2/h4-8H,2-3H2,1H3/b16-13-. The highest BCUT2D eigenvalue weighted by Gasteiger charge is 2.04. The minimum absolute atomic E-state index is 0.706. The molecule has 1 aromatic heterocycles. The largest absolute Gasteiger partial charge is 0.301 e. The Morgan fingerprint density at radius 1 is 1.47 bits per heavy atom. The summed E-state index contributed by atoms with van der Waals surface area (Å²) in [6.45, 7) is 6.56.